The third-order valence-electron chi connectivity index (χ3n) is 11.0. The van der Waals surface area contributed by atoms with Gasteiger partial charge >= 0.3 is 5.97 Å². The lowest BCUT2D eigenvalue weighted by Crippen LogP contribution is -2.62. The van der Waals surface area contributed by atoms with Crippen molar-refractivity contribution in [2.45, 2.75) is 161 Å². The average Bonchev–Trinajstić information content (AvgIpc) is 3.74. The smallest absolute Gasteiger partial charge is 0.326 e. The summed E-state index contributed by atoms with van der Waals surface area (Å²) in [5.74, 6) is -9.81. The fourth-order valence-corrected chi connectivity index (χ4v) is 6.99. The summed E-state index contributed by atoms with van der Waals surface area (Å²) in [6.07, 6.45) is -0.688. The zero-order valence-corrected chi connectivity index (χ0v) is 39.9. The second-order valence-corrected chi connectivity index (χ2v) is 17.7. The zero-order chi connectivity index (χ0) is 51.3. The summed E-state index contributed by atoms with van der Waals surface area (Å²) in [6, 6.07) is -10.00. The fourth-order valence-electron chi connectivity index (χ4n) is 6.99. The first kappa shape index (κ1) is 58.9. The summed E-state index contributed by atoms with van der Waals surface area (Å²) in [5, 5.41) is 37.7. The number of likely N-dealkylation sites (tertiary alicyclic amines) is 1. The maximum Gasteiger partial charge on any atom is 0.326 e. The highest BCUT2D eigenvalue weighted by Crippen LogP contribution is 2.21. The summed E-state index contributed by atoms with van der Waals surface area (Å²) in [7, 11) is 0. The van der Waals surface area contributed by atoms with Gasteiger partial charge in [0, 0.05) is 19.5 Å². The molecule has 1 rings (SSSR count). The van der Waals surface area contributed by atoms with Crippen molar-refractivity contribution in [3.8, 4) is 0 Å². The summed E-state index contributed by atoms with van der Waals surface area (Å²) >= 11 is 0. The predicted molar refractivity (Wildman–Crippen MR) is 244 cm³/mol. The zero-order valence-electron chi connectivity index (χ0n) is 39.9. The Bertz CT molecular complexity index is 1770. The van der Waals surface area contributed by atoms with Crippen molar-refractivity contribution < 1.29 is 58.2 Å². The summed E-state index contributed by atoms with van der Waals surface area (Å²) in [4.78, 5) is 136. The number of nitrogens with zero attached hydrogens (tertiary/aromatic N) is 2. The number of rotatable bonds is 29. The molecule has 1 fully saturated rings. The number of carboxylic acids is 1. The van der Waals surface area contributed by atoms with Crippen LogP contribution in [0.25, 0.3) is 0 Å². The quantitative estimate of drug-likeness (QED) is 0.0193. The van der Waals surface area contributed by atoms with Crippen LogP contribution in [0.5, 0.6) is 0 Å². The van der Waals surface area contributed by atoms with E-state index in [-0.39, 0.29) is 63.5 Å². The van der Waals surface area contributed by atoms with E-state index < -0.39 is 132 Å². The molecule has 0 aliphatic carbocycles. The fraction of sp³-hybridized carbons (Fsp3) is 0.738. The molecule has 10 atom stereocenters. The van der Waals surface area contributed by atoms with Crippen LogP contribution in [0, 0.1) is 17.8 Å². The highest BCUT2D eigenvalue weighted by Gasteiger charge is 2.39. The molecule has 9 amide bonds. The maximum absolute atomic E-state index is 13.8. The molecule has 1 saturated heterocycles. The van der Waals surface area contributed by atoms with E-state index in [0.717, 1.165) is 0 Å². The Balaban J connectivity index is 3.15. The van der Waals surface area contributed by atoms with Crippen LogP contribution < -0.4 is 60.2 Å². The molecule has 0 saturated carbocycles. The first-order valence-corrected chi connectivity index (χ1v) is 22.6. The van der Waals surface area contributed by atoms with Crippen LogP contribution in [0.1, 0.15) is 107 Å². The number of aliphatic imine (C=N–C) groups is 1. The van der Waals surface area contributed by atoms with Gasteiger partial charge in [-0.2, -0.15) is 0 Å². The Kier molecular flexibility index (Phi) is 25.3. The predicted octanol–water partition coefficient (Wildman–Crippen LogP) is -4.12. The molecule has 0 spiro atoms. The number of aliphatic hydroxyl groups excluding tert-OH is 1. The van der Waals surface area contributed by atoms with Crippen LogP contribution >= 0.6 is 0 Å². The number of aliphatic hydroxyl groups is 1. The van der Waals surface area contributed by atoms with Crippen molar-refractivity contribution >= 4 is 65.1 Å². The molecule has 1 heterocycles. The van der Waals surface area contributed by atoms with Crippen molar-refractivity contribution in [3.05, 3.63) is 0 Å². The molecule has 25 nitrogen and oxygen atoms in total. The average molecular weight is 954 g/mol. The molecule has 1 aliphatic rings. The van der Waals surface area contributed by atoms with Crippen molar-refractivity contribution in [3.63, 3.8) is 0 Å². The van der Waals surface area contributed by atoms with Gasteiger partial charge in [0.25, 0.3) is 0 Å². The first-order chi connectivity index (χ1) is 31.2. The minimum absolute atomic E-state index is 0.0107. The van der Waals surface area contributed by atoms with Crippen LogP contribution in [0.4, 0.5) is 0 Å². The Labute approximate surface area is 391 Å². The van der Waals surface area contributed by atoms with Crippen LogP contribution in [0.3, 0.4) is 0 Å². The molecule has 0 bridgehead atoms. The van der Waals surface area contributed by atoms with E-state index in [0.29, 0.717) is 12.8 Å². The lowest BCUT2D eigenvalue weighted by molar-refractivity contribution is -0.143. The lowest BCUT2D eigenvalue weighted by Gasteiger charge is -2.30. The van der Waals surface area contributed by atoms with Gasteiger partial charge in [-0.1, -0.05) is 48.0 Å². The Hall–Kier alpha value is -6.11. The molecule has 0 unspecified atom stereocenters. The highest BCUT2D eigenvalue weighted by atomic mass is 16.4. The van der Waals surface area contributed by atoms with E-state index in [1.807, 2.05) is 13.8 Å². The van der Waals surface area contributed by atoms with Crippen LogP contribution in [-0.2, 0) is 47.9 Å². The number of carbonyl (C=O) groups is 10. The van der Waals surface area contributed by atoms with Gasteiger partial charge in [-0.25, -0.2) is 4.79 Å². The lowest BCUT2D eigenvalue weighted by atomic mass is 9.96. The van der Waals surface area contributed by atoms with Gasteiger partial charge in [-0.3, -0.25) is 48.1 Å². The van der Waals surface area contributed by atoms with Gasteiger partial charge in [0.05, 0.1) is 18.7 Å². The monoisotopic (exact) mass is 954 g/mol. The van der Waals surface area contributed by atoms with E-state index in [2.05, 4.69) is 42.2 Å². The summed E-state index contributed by atoms with van der Waals surface area (Å²) in [6.45, 7) is 12.6. The van der Waals surface area contributed by atoms with Crippen molar-refractivity contribution in [2.75, 3.05) is 19.6 Å². The third kappa shape index (κ3) is 20.5. The van der Waals surface area contributed by atoms with Gasteiger partial charge in [0.15, 0.2) is 5.96 Å². The Morgan fingerprint density at radius 1 is 0.716 bits per heavy atom. The van der Waals surface area contributed by atoms with Gasteiger partial charge < -0.3 is 75.3 Å². The van der Waals surface area contributed by atoms with Gasteiger partial charge in [-0.15, -0.1) is 0 Å². The molecule has 0 radical (unpaired) electrons. The summed E-state index contributed by atoms with van der Waals surface area (Å²) < 4.78 is 0. The Morgan fingerprint density at radius 3 is 1.81 bits per heavy atom. The van der Waals surface area contributed by atoms with E-state index in [1.54, 1.807) is 27.7 Å². The molecule has 380 valence electrons. The second-order valence-electron chi connectivity index (χ2n) is 17.7. The molecular weight excluding hydrogens is 879 g/mol. The van der Waals surface area contributed by atoms with Gasteiger partial charge in [0.1, 0.15) is 42.3 Å². The number of carboxylic acid groups (broad SMARTS) is 1. The molecule has 67 heavy (non-hydrogen) atoms. The maximum atomic E-state index is 13.8. The standard InChI is InChI=1S/C42H75N13O12/c1-9-22(6)32(38(63)50-26(41(66)67)12-10-16-47-42(45)46)53-39(64)33(24(8)56)54-37(62)31(21(4)5)52-35(60)25(14-15-29(44)57)49-30(58)19-48-36(61)28-13-11-17-55(28)40(65)27(18-20(2)3)51-34(59)23(7)43/h20-28,31-33,56H,9-19,43H2,1-8H3,(H2,44,57)(H,48,61)(H,49,58)(H,50,63)(H,51,59)(H,52,60)(H,53,64)(H,54,62)(H,66,67)(H4,45,46,47)/t22-,23-,24+,25-,26-,27-,28-,31-,32-,33-/m0/s1. The number of carbonyl (C=O) groups excluding carboxylic acids is 9. The topological polar surface area (TPSA) is 415 Å². The molecule has 0 aromatic rings. The largest absolute Gasteiger partial charge is 0.480 e. The van der Waals surface area contributed by atoms with E-state index >= 15 is 0 Å². The number of amides is 9. The molecule has 25 heteroatoms. The van der Waals surface area contributed by atoms with E-state index in [1.165, 1.54) is 18.7 Å². The molecule has 0 aromatic carbocycles. The SMILES string of the molecule is CC[C@H](C)[C@H](NC(=O)[C@@H](NC(=O)[C@@H](NC(=O)[C@H](CCC(N)=O)NC(=O)CNC(=O)[C@@H]1CCCN1C(=O)[C@H](CC(C)C)NC(=O)[C@H](C)N)C(C)C)[C@@H](C)O)C(=O)N[C@@H](CCCN=C(N)N)C(=O)O. The van der Waals surface area contributed by atoms with Gasteiger partial charge in [0.2, 0.25) is 53.2 Å². The normalized spacial score (nSPS) is 17.5. The first-order valence-electron chi connectivity index (χ1n) is 22.6. The molecule has 17 N–H and O–H groups in total. The number of hydrogen-bond acceptors (Lipinski definition) is 13. The number of guanidine groups is 1. The number of aliphatic carboxylic acids is 1. The summed E-state index contributed by atoms with van der Waals surface area (Å²) in [5.41, 5.74) is 21.7. The van der Waals surface area contributed by atoms with Crippen molar-refractivity contribution in [1.29, 1.82) is 0 Å². The van der Waals surface area contributed by atoms with Gasteiger partial charge in [-0.05, 0) is 70.1 Å². The number of primary amides is 1. The molecular formula is C42H75N13O12. The van der Waals surface area contributed by atoms with Crippen LogP contribution in [0.15, 0.2) is 4.99 Å². The second kappa shape index (κ2) is 28.8. The molecule has 0 aromatic heterocycles. The van der Waals surface area contributed by atoms with Crippen LogP contribution in [-0.4, -0.2) is 154 Å². The minimum Gasteiger partial charge on any atom is -0.480 e. The highest BCUT2D eigenvalue weighted by molar-refractivity contribution is 5.98. The number of nitrogens with two attached hydrogens (primary N) is 4. The number of nitrogens with one attached hydrogen (secondary N) is 7. The minimum atomic E-state index is -1.69. The van der Waals surface area contributed by atoms with Crippen LogP contribution in [0.2, 0.25) is 0 Å². The van der Waals surface area contributed by atoms with E-state index in [9.17, 15) is 58.2 Å². The Morgan fingerprint density at radius 2 is 1.28 bits per heavy atom. The molecule has 1 aliphatic heterocycles. The van der Waals surface area contributed by atoms with Crippen molar-refractivity contribution in [1.82, 2.24) is 42.1 Å². The third-order valence-corrected chi connectivity index (χ3v) is 11.0. The number of hydrogen-bond donors (Lipinski definition) is 13. The van der Waals surface area contributed by atoms with E-state index in [4.69, 9.17) is 22.9 Å². The van der Waals surface area contributed by atoms with Crippen molar-refractivity contribution in [2.24, 2.45) is 45.7 Å².